The maximum absolute atomic E-state index is 12.4. The Morgan fingerprint density at radius 2 is 1.50 bits per heavy atom. The molecule has 0 bridgehead atoms. The standard InChI is InChI=1S/C7H3F5N2S2/c8-16(9,10,11,12)4-1-2-5-6(3-4)14-7(15)13-5/h1-3H. The smallest absolute Gasteiger partial charge is 0.217 e. The molecule has 1 heterocycles. The fourth-order valence-electron chi connectivity index (χ4n) is 1.16. The lowest BCUT2D eigenvalue weighted by Crippen LogP contribution is -2.23. The van der Waals surface area contributed by atoms with Crippen molar-refractivity contribution >= 4 is 27.6 Å². The van der Waals surface area contributed by atoms with E-state index in [0.717, 1.165) is 6.07 Å². The average molecular weight is 274 g/mol. The largest absolute Gasteiger partial charge is 0.310 e. The molecule has 0 fully saturated rings. The molecule has 0 amide bonds. The fourth-order valence-corrected chi connectivity index (χ4v) is 2.01. The van der Waals surface area contributed by atoms with Crippen LogP contribution < -0.4 is 10.7 Å². The first-order valence-corrected chi connectivity index (χ1v) is 6.17. The summed E-state index contributed by atoms with van der Waals surface area (Å²) in [4.78, 5) is 5.04. The second kappa shape index (κ2) is 2.43. The van der Waals surface area contributed by atoms with Gasteiger partial charge >= 0.3 is 10.2 Å². The van der Waals surface area contributed by atoms with Crippen molar-refractivity contribution in [3.8, 4) is 0 Å². The molecule has 0 aliphatic carbocycles. The van der Waals surface area contributed by atoms with Crippen LogP contribution in [0.15, 0.2) is 33.1 Å². The monoisotopic (exact) mass is 274 g/mol. The molecule has 0 saturated heterocycles. The van der Waals surface area contributed by atoms with Crippen molar-refractivity contribution in [1.29, 1.82) is 0 Å². The van der Waals surface area contributed by atoms with E-state index in [-0.39, 0.29) is 28.0 Å². The van der Waals surface area contributed by atoms with Crippen molar-refractivity contribution in [2.75, 3.05) is 0 Å². The van der Waals surface area contributed by atoms with Gasteiger partial charge in [-0.05, 0) is 30.4 Å². The molecule has 1 aromatic carbocycles. The van der Waals surface area contributed by atoms with Gasteiger partial charge in [0.2, 0.25) is 5.11 Å². The Bertz CT molecular complexity index is 618. The van der Waals surface area contributed by atoms with Gasteiger partial charge in [0.25, 0.3) is 0 Å². The molecule has 2 rings (SSSR count). The summed E-state index contributed by atoms with van der Waals surface area (Å²) >= 11 is 4.52. The van der Waals surface area contributed by atoms with Gasteiger partial charge in [-0.1, -0.05) is 19.4 Å². The number of thiocarbonyl (C=S) groups is 1. The third-order valence-corrected chi connectivity index (χ3v) is 3.15. The van der Waals surface area contributed by atoms with Gasteiger partial charge in [-0.15, -0.1) is 0 Å². The van der Waals surface area contributed by atoms with Crippen LogP contribution in [0, 0.1) is 0 Å². The Labute approximate surface area is 91.2 Å². The number of nitrogens with zero attached hydrogens (tertiary/aromatic N) is 2. The minimum absolute atomic E-state index is 0.0654. The molecule has 0 spiro atoms. The van der Waals surface area contributed by atoms with Crippen LogP contribution in [-0.2, 0) is 0 Å². The number of benzene rings is 1. The first-order valence-electron chi connectivity index (χ1n) is 3.81. The number of fused-ring (bicyclic) bond motifs is 1. The van der Waals surface area contributed by atoms with Gasteiger partial charge in [-0.3, -0.25) is 0 Å². The molecule has 0 atom stereocenters. The zero-order valence-corrected chi connectivity index (χ0v) is 8.97. The summed E-state index contributed by atoms with van der Waals surface area (Å²) in [6.07, 6.45) is 0. The molecule has 0 saturated carbocycles. The molecule has 9 heteroatoms. The summed E-state index contributed by atoms with van der Waals surface area (Å²) < 4.78 is 62.0. The fraction of sp³-hybridized carbons (Fsp3) is 0. The highest BCUT2D eigenvalue weighted by Crippen LogP contribution is 3.01. The highest BCUT2D eigenvalue weighted by atomic mass is 32.5. The molecular formula is C7H3F5N2S2. The highest BCUT2D eigenvalue weighted by molar-refractivity contribution is 8.45. The van der Waals surface area contributed by atoms with Crippen LogP contribution in [0.2, 0.25) is 0 Å². The van der Waals surface area contributed by atoms with E-state index in [1.54, 1.807) is 0 Å². The van der Waals surface area contributed by atoms with Crippen molar-refractivity contribution in [2.24, 2.45) is 9.98 Å². The molecule has 1 aliphatic rings. The lowest BCUT2D eigenvalue weighted by atomic mass is 10.3. The Morgan fingerprint density at radius 1 is 0.938 bits per heavy atom. The molecule has 2 nitrogen and oxygen atoms in total. The van der Waals surface area contributed by atoms with Crippen LogP contribution in [-0.4, -0.2) is 5.11 Å². The predicted molar refractivity (Wildman–Crippen MR) is 52.7 cm³/mol. The summed E-state index contributed by atoms with van der Waals surface area (Å²) in [7, 11) is -9.65. The molecule has 1 aromatic rings. The SMILES string of the molecule is FS(F)(F)(F)(F)c1ccc2c(c1)=NC(=S)N=2. The zero-order valence-electron chi connectivity index (χ0n) is 7.33. The number of halogens is 5. The zero-order chi connectivity index (χ0) is 12.3. The summed E-state index contributed by atoms with van der Waals surface area (Å²) in [6, 6.07) is 1.37. The van der Waals surface area contributed by atoms with E-state index in [4.69, 9.17) is 0 Å². The molecule has 1 aliphatic heterocycles. The van der Waals surface area contributed by atoms with Gasteiger partial charge in [-0.25, -0.2) is 9.98 Å². The van der Waals surface area contributed by atoms with Crippen LogP contribution in [0.4, 0.5) is 19.4 Å². The second-order valence-corrected chi connectivity index (χ2v) is 5.90. The van der Waals surface area contributed by atoms with Crippen molar-refractivity contribution in [3.05, 3.63) is 28.9 Å². The van der Waals surface area contributed by atoms with Crippen molar-refractivity contribution in [2.45, 2.75) is 4.90 Å². The normalized spacial score (nSPS) is 19.2. The molecule has 0 radical (unpaired) electrons. The van der Waals surface area contributed by atoms with Gasteiger partial charge in [0, 0.05) is 0 Å². The van der Waals surface area contributed by atoms with Crippen molar-refractivity contribution in [3.63, 3.8) is 0 Å². The number of rotatable bonds is 1. The van der Waals surface area contributed by atoms with E-state index >= 15 is 0 Å². The molecule has 0 N–H and O–H groups in total. The minimum Gasteiger partial charge on any atom is -0.217 e. The first kappa shape index (κ1) is 11.4. The Balaban J connectivity index is 2.78. The van der Waals surface area contributed by atoms with Gasteiger partial charge < -0.3 is 0 Å². The van der Waals surface area contributed by atoms with E-state index in [9.17, 15) is 19.4 Å². The summed E-state index contributed by atoms with van der Waals surface area (Å²) in [6.45, 7) is 0. The van der Waals surface area contributed by atoms with Gasteiger partial charge in [-0.2, -0.15) is 0 Å². The number of hydrogen-bond donors (Lipinski definition) is 0. The lowest BCUT2D eigenvalue weighted by Gasteiger charge is -2.40. The first-order chi connectivity index (χ1) is 6.95. The third-order valence-electron chi connectivity index (χ3n) is 1.82. The van der Waals surface area contributed by atoms with Gasteiger partial charge in [0.15, 0.2) is 0 Å². The molecule has 16 heavy (non-hydrogen) atoms. The van der Waals surface area contributed by atoms with E-state index in [1.807, 2.05) is 0 Å². The lowest BCUT2D eigenvalue weighted by molar-refractivity contribution is 0.364. The summed E-state index contributed by atoms with van der Waals surface area (Å²) in [5, 5.41) is -0.388. The molecule has 0 unspecified atom stereocenters. The molecular weight excluding hydrogens is 271 g/mol. The Hall–Kier alpha value is -1.09. The molecule has 0 aromatic heterocycles. The summed E-state index contributed by atoms with van der Waals surface area (Å²) in [5.74, 6) is 0. The topological polar surface area (TPSA) is 24.7 Å². The van der Waals surface area contributed by atoms with Crippen LogP contribution in [0.1, 0.15) is 0 Å². The van der Waals surface area contributed by atoms with E-state index in [2.05, 4.69) is 22.2 Å². The van der Waals surface area contributed by atoms with E-state index < -0.39 is 15.1 Å². The maximum atomic E-state index is 12.4. The Morgan fingerprint density at radius 3 is 2.06 bits per heavy atom. The minimum atomic E-state index is -9.65. The van der Waals surface area contributed by atoms with E-state index in [0.29, 0.717) is 0 Å². The Kier molecular flexibility index (Phi) is 1.73. The van der Waals surface area contributed by atoms with Crippen LogP contribution in [0.3, 0.4) is 0 Å². The van der Waals surface area contributed by atoms with Crippen LogP contribution in [0.5, 0.6) is 0 Å². The van der Waals surface area contributed by atoms with Gasteiger partial charge in [0.05, 0.1) is 10.7 Å². The van der Waals surface area contributed by atoms with Crippen LogP contribution in [0.25, 0.3) is 0 Å². The number of hydrogen-bond acceptors (Lipinski definition) is 1. The van der Waals surface area contributed by atoms with Crippen molar-refractivity contribution in [1.82, 2.24) is 0 Å². The maximum Gasteiger partial charge on any atom is 0.310 e. The highest BCUT2D eigenvalue weighted by Gasteiger charge is 2.65. The predicted octanol–water partition coefficient (Wildman–Crippen LogP) is 2.88. The van der Waals surface area contributed by atoms with Crippen molar-refractivity contribution < 1.29 is 19.4 Å². The van der Waals surface area contributed by atoms with Gasteiger partial charge in [0.1, 0.15) is 4.90 Å². The van der Waals surface area contributed by atoms with Crippen LogP contribution >= 0.6 is 22.4 Å². The quantitative estimate of drug-likeness (QED) is 0.571. The average Bonchev–Trinajstić information content (AvgIpc) is 2.38. The molecule has 88 valence electrons. The van der Waals surface area contributed by atoms with E-state index in [1.165, 1.54) is 0 Å². The third kappa shape index (κ3) is 2.05. The second-order valence-electron chi connectivity index (χ2n) is 3.13. The summed E-state index contributed by atoms with van der Waals surface area (Å²) in [5.41, 5.74) is 0.